The van der Waals surface area contributed by atoms with Crippen LogP contribution < -0.4 is 10.9 Å². The summed E-state index contributed by atoms with van der Waals surface area (Å²) in [7, 11) is 0. The van der Waals surface area contributed by atoms with Gasteiger partial charge in [0.15, 0.2) is 10.8 Å². The first kappa shape index (κ1) is 23.4. The van der Waals surface area contributed by atoms with Crippen molar-refractivity contribution in [3.8, 4) is 5.69 Å². The van der Waals surface area contributed by atoms with Gasteiger partial charge in [-0.15, -0.1) is 0 Å². The smallest absolute Gasteiger partial charge is 0.325 e. The number of aromatic nitrogens is 4. The molecule has 0 aliphatic carbocycles. The van der Waals surface area contributed by atoms with E-state index in [1.165, 1.54) is 22.5 Å². The first-order valence-corrected chi connectivity index (χ1v) is 11.8. The monoisotopic (exact) mass is 519 g/mol. The maximum Gasteiger partial charge on any atom is 0.416 e. The minimum atomic E-state index is -4.57. The van der Waals surface area contributed by atoms with Crippen molar-refractivity contribution in [3.63, 3.8) is 0 Å². The van der Waals surface area contributed by atoms with Crippen molar-refractivity contribution in [2.24, 2.45) is 0 Å². The highest BCUT2D eigenvalue weighted by Gasteiger charge is 2.32. The second-order valence-electron chi connectivity index (χ2n) is 8.11. The molecule has 0 spiro atoms. The van der Waals surface area contributed by atoms with Crippen LogP contribution in [-0.4, -0.2) is 31.0 Å². The molecule has 12 heteroatoms. The van der Waals surface area contributed by atoms with E-state index in [-0.39, 0.29) is 22.7 Å². The number of fused-ring (bicyclic) bond motifs is 2. The molecule has 1 amide bonds. The Morgan fingerprint density at radius 1 is 1.26 bits per heavy atom. The zero-order chi connectivity index (χ0) is 24.9. The van der Waals surface area contributed by atoms with E-state index >= 15 is 0 Å². The normalized spacial score (nSPS) is 15.4. The van der Waals surface area contributed by atoms with Crippen molar-refractivity contribution in [3.05, 3.63) is 75.2 Å². The molecule has 0 saturated heterocycles. The Morgan fingerprint density at radius 2 is 2.06 bits per heavy atom. The third kappa shape index (κ3) is 4.41. The van der Waals surface area contributed by atoms with E-state index in [9.17, 15) is 22.8 Å². The molecule has 1 aliphatic heterocycles. The van der Waals surface area contributed by atoms with E-state index in [4.69, 9.17) is 11.6 Å². The van der Waals surface area contributed by atoms with E-state index in [2.05, 4.69) is 15.4 Å². The number of aryl methyl sites for hydroxylation is 1. The van der Waals surface area contributed by atoms with Crippen molar-refractivity contribution in [1.29, 1.82) is 0 Å². The third-order valence-electron chi connectivity index (χ3n) is 5.61. The number of nitrogens with zero attached hydrogens (tertiary/aromatic N) is 4. The SMILES string of the molecule is Cc1cccc(-n2ncc3c(=O)n4c(nc32)SCC4CC(=O)Nc2cc(C(F)(F)F)ccc2Cl)c1. The average Bonchev–Trinajstić information content (AvgIpc) is 3.39. The number of hydrogen-bond donors (Lipinski definition) is 1. The number of benzene rings is 2. The van der Waals surface area contributed by atoms with Crippen LogP contribution in [0.1, 0.15) is 23.6 Å². The summed E-state index contributed by atoms with van der Waals surface area (Å²) in [5.41, 5.74) is 0.827. The summed E-state index contributed by atoms with van der Waals surface area (Å²) in [5.74, 6) is -0.150. The van der Waals surface area contributed by atoms with Gasteiger partial charge in [-0.3, -0.25) is 14.2 Å². The minimum absolute atomic E-state index is 0.0170. The van der Waals surface area contributed by atoms with Gasteiger partial charge in [-0.2, -0.15) is 18.3 Å². The number of anilines is 1. The van der Waals surface area contributed by atoms with Gasteiger partial charge in [0.25, 0.3) is 5.56 Å². The summed E-state index contributed by atoms with van der Waals surface area (Å²) in [5, 5.41) is 7.51. The molecule has 1 unspecified atom stereocenters. The van der Waals surface area contributed by atoms with Crippen LogP contribution in [0.15, 0.2) is 58.6 Å². The summed E-state index contributed by atoms with van der Waals surface area (Å²) in [6, 6.07) is 9.82. The molecule has 0 fully saturated rings. The van der Waals surface area contributed by atoms with Crippen molar-refractivity contribution >= 4 is 46.0 Å². The molecule has 3 heterocycles. The number of amides is 1. The molecule has 35 heavy (non-hydrogen) atoms. The molecule has 7 nitrogen and oxygen atoms in total. The summed E-state index contributed by atoms with van der Waals surface area (Å²) in [6.07, 6.45) is -3.26. The molecule has 4 aromatic rings. The molecule has 1 N–H and O–H groups in total. The fourth-order valence-corrected chi connectivity index (χ4v) is 5.24. The number of carbonyl (C=O) groups is 1. The van der Waals surface area contributed by atoms with Crippen molar-refractivity contribution in [2.45, 2.75) is 30.7 Å². The van der Waals surface area contributed by atoms with Gasteiger partial charge in [-0.1, -0.05) is 35.5 Å². The molecule has 0 saturated carbocycles. The lowest BCUT2D eigenvalue weighted by Crippen LogP contribution is -2.27. The van der Waals surface area contributed by atoms with Gasteiger partial charge in [0.1, 0.15) is 5.39 Å². The molecular formula is C23H17ClF3N5O2S. The number of hydrogen-bond acceptors (Lipinski definition) is 5. The quantitative estimate of drug-likeness (QED) is 0.373. The first-order valence-electron chi connectivity index (χ1n) is 10.5. The van der Waals surface area contributed by atoms with Crippen molar-refractivity contribution < 1.29 is 18.0 Å². The Bertz CT molecular complexity index is 1530. The first-order chi connectivity index (χ1) is 16.6. The number of thioether (sulfide) groups is 1. The van der Waals surface area contributed by atoms with Gasteiger partial charge in [-0.05, 0) is 42.8 Å². The van der Waals surface area contributed by atoms with Gasteiger partial charge >= 0.3 is 6.18 Å². The van der Waals surface area contributed by atoms with Crippen molar-refractivity contribution in [1.82, 2.24) is 19.3 Å². The average molecular weight is 520 g/mol. The van der Waals surface area contributed by atoms with E-state index in [0.29, 0.717) is 21.9 Å². The van der Waals surface area contributed by atoms with Crippen molar-refractivity contribution in [2.75, 3.05) is 11.1 Å². The van der Waals surface area contributed by atoms with E-state index in [1.54, 1.807) is 4.68 Å². The molecular weight excluding hydrogens is 503 g/mol. The largest absolute Gasteiger partial charge is 0.416 e. The lowest BCUT2D eigenvalue weighted by molar-refractivity contribution is -0.137. The predicted octanol–water partition coefficient (Wildman–Crippen LogP) is 5.24. The Morgan fingerprint density at radius 3 is 2.80 bits per heavy atom. The van der Waals surface area contributed by atoms with Crippen LogP contribution in [0, 0.1) is 6.92 Å². The van der Waals surface area contributed by atoms with Crippen LogP contribution in [0.25, 0.3) is 16.7 Å². The molecule has 0 bridgehead atoms. The van der Waals surface area contributed by atoms with E-state index < -0.39 is 23.7 Å². The van der Waals surface area contributed by atoms with Crippen LogP contribution >= 0.6 is 23.4 Å². The third-order valence-corrected chi connectivity index (χ3v) is 7.03. The van der Waals surface area contributed by atoms with Crippen LogP contribution in [0.2, 0.25) is 5.02 Å². The second-order valence-corrected chi connectivity index (χ2v) is 9.51. The Hall–Kier alpha value is -3.31. The number of nitrogens with one attached hydrogen (secondary N) is 1. The van der Waals surface area contributed by atoms with Crippen LogP contribution in [-0.2, 0) is 11.0 Å². The van der Waals surface area contributed by atoms with Gasteiger partial charge in [0.05, 0.1) is 34.2 Å². The predicted molar refractivity (Wildman–Crippen MR) is 127 cm³/mol. The molecule has 1 aliphatic rings. The Labute approximate surface area is 205 Å². The molecule has 2 aromatic heterocycles. The highest BCUT2D eigenvalue weighted by atomic mass is 35.5. The number of carbonyl (C=O) groups excluding carboxylic acids is 1. The molecule has 0 radical (unpaired) electrons. The number of halogens is 4. The topological polar surface area (TPSA) is 81.8 Å². The molecule has 2 aromatic carbocycles. The maximum atomic E-state index is 13.3. The second kappa shape index (κ2) is 8.72. The van der Waals surface area contributed by atoms with Crippen LogP contribution in [0.3, 0.4) is 0 Å². The van der Waals surface area contributed by atoms with Crippen LogP contribution in [0.4, 0.5) is 18.9 Å². The van der Waals surface area contributed by atoms with Gasteiger partial charge in [-0.25, -0.2) is 9.67 Å². The highest BCUT2D eigenvalue weighted by molar-refractivity contribution is 7.99. The zero-order valence-corrected chi connectivity index (χ0v) is 19.7. The van der Waals surface area contributed by atoms with Crippen LogP contribution in [0.5, 0.6) is 0 Å². The Kier molecular flexibility index (Phi) is 5.84. The maximum absolute atomic E-state index is 13.3. The molecule has 180 valence electrons. The minimum Gasteiger partial charge on any atom is -0.325 e. The fourth-order valence-electron chi connectivity index (χ4n) is 3.94. The lowest BCUT2D eigenvalue weighted by atomic mass is 10.1. The summed E-state index contributed by atoms with van der Waals surface area (Å²) < 4.78 is 42.1. The summed E-state index contributed by atoms with van der Waals surface area (Å²) in [6.45, 7) is 1.95. The van der Waals surface area contributed by atoms with Gasteiger partial charge < -0.3 is 5.32 Å². The van der Waals surface area contributed by atoms with E-state index in [1.807, 2.05) is 31.2 Å². The van der Waals surface area contributed by atoms with Gasteiger partial charge in [0, 0.05) is 12.2 Å². The number of alkyl halides is 3. The molecule has 1 atom stereocenters. The number of rotatable bonds is 4. The molecule has 5 rings (SSSR count). The van der Waals surface area contributed by atoms with Gasteiger partial charge in [0.2, 0.25) is 5.91 Å². The summed E-state index contributed by atoms with van der Waals surface area (Å²) in [4.78, 5) is 30.6. The standard InChI is InChI=1S/C23H17ClF3N5O2S/c1-12-3-2-4-14(7-12)32-20-16(10-28-32)21(34)31-15(11-35-22(31)30-20)9-19(33)29-18-8-13(23(25,26)27)5-6-17(18)24/h2-8,10,15H,9,11H2,1H3,(H,29,33). The lowest BCUT2D eigenvalue weighted by Gasteiger charge is -2.15. The summed E-state index contributed by atoms with van der Waals surface area (Å²) >= 11 is 7.31. The fraction of sp³-hybridized carbons (Fsp3) is 0.217. The highest BCUT2D eigenvalue weighted by Crippen LogP contribution is 2.36. The Balaban J connectivity index is 1.42. The van der Waals surface area contributed by atoms with E-state index in [0.717, 1.165) is 29.4 Å². The zero-order valence-electron chi connectivity index (χ0n) is 18.1.